The van der Waals surface area contributed by atoms with Gasteiger partial charge in [0.2, 0.25) is 0 Å². The third-order valence-electron chi connectivity index (χ3n) is 5.31. The Morgan fingerprint density at radius 2 is 1.83 bits per heavy atom. The van der Waals surface area contributed by atoms with Gasteiger partial charge in [-0.25, -0.2) is 9.97 Å². The molecule has 1 aliphatic heterocycles. The number of pyridine rings is 1. The summed E-state index contributed by atoms with van der Waals surface area (Å²) >= 11 is 0. The van der Waals surface area contributed by atoms with Crippen LogP contribution in [0.2, 0.25) is 0 Å². The lowest BCUT2D eigenvalue weighted by molar-refractivity contribution is 0.122. The van der Waals surface area contributed by atoms with E-state index in [1.54, 1.807) is 6.20 Å². The highest BCUT2D eigenvalue weighted by molar-refractivity contribution is 5.70. The molecule has 1 fully saturated rings. The Morgan fingerprint density at radius 1 is 0.967 bits per heavy atom. The number of morpholine rings is 1. The normalized spacial score (nSPS) is 14.2. The van der Waals surface area contributed by atoms with Gasteiger partial charge in [0.25, 0.3) is 0 Å². The number of hydrogen-bond acceptors (Lipinski definition) is 6. The number of benzene rings is 1. The van der Waals surface area contributed by atoms with Crippen molar-refractivity contribution in [1.82, 2.24) is 19.4 Å². The molecule has 0 saturated carbocycles. The van der Waals surface area contributed by atoms with Crippen molar-refractivity contribution in [2.45, 2.75) is 6.42 Å². The Kier molecular flexibility index (Phi) is 5.26. The summed E-state index contributed by atoms with van der Waals surface area (Å²) in [5.74, 6) is 0.783. The first kappa shape index (κ1) is 18.6. The van der Waals surface area contributed by atoms with Gasteiger partial charge in [-0.2, -0.15) is 0 Å². The fourth-order valence-corrected chi connectivity index (χ4v) is 3.71. The minimum atomic E-state index is 0.742. The van der Waals surface area contributed by atoms with Crippen molar-refractivity contribution in [1.29, 1.82) is 0 Å². The number of aromatic nitrogens is 4. The van der Waals surface area contributed by atoms with E-state index in [0.29, 0.717) is 0 Å². The summed E-state index contributed by atoms with van der Waals surface area (Å²) in [6, 6.07) is 14.6. The second-order valence-corrected chi connectivity index (χ2v) is 7.28. The number of rotatable bonds is 6. The molecule has 1 N–H and O–H groups in total. The van der Waals surface area contributed by atoms with Crippen LogP contribution in [-0.4, -0.2) is 52.2 Å². The van der Waals surface area contributed by atoms with Gasteiger partial charge >= 0.3 is 0 Å². The Balaban J connectivity index is 1.36. The molecule has 0 radical (unpaired) electrons. The van der Waals surface area contributed by atoms with Crippen molar-refractivity contribution in [3.8, 4) is 11.3 Å². The highest BCUT2D eigenvalue weighted by Gasteiger charge is 2.13. The first-order valence-electron chi connectivity index (χ1n) is 10.3. The number of nitrogens with one attached hydrogen (secondary N) is 1. The molecule has 30 heavy (non-hydrogen) atoms. The Hall–Kier alpha value is -3.45. The maximum Gasteiger partial charge on any atom is 0.180 e. The van der Waals surface area contributed by atoms with Crippen LogP contribution in [0.15, 0.2) is 67.3 Å². The lowest BCUT2D eigenvalue weighted by atomic mass is 10.1. The molecule has 3 aromatic heterocycles. The van der Waals surface area contributed by atoms with Gasteiger partial charge in [0.15, 0.2) is 11.5 Å². The quantitative estimate of drug-likeness (QED) is 0.536. The van der Waals surface area contributed by atoms with Gasteiger partial charge in [-0.15, -0.1) is 0 Å². The maximum absolute atomic E-state index is 5.45. The van der Waals surface area contributed by atoms with Crippen LogP contribution in [0.3, 0.4) is 0 Å². The van der Waals surface area contributed by atoms with Crippen molar-refractivity contribution >= 4 is 17.2 Å². The van der Waals surface area contributed by atoms with Gasteiger partial charge < -0.3 is 19.4 Å². The zero-order valence-corrected chi connectivity index (χ0v) is 16.7. The van der Waals surface area contributed by atoms with E-state index in [2.05, 4.69) is 44.5 Å². The van der Waals surface area contributed by atoms with E-state index >= 15 is 0 Å². The lowest BCUT2D eigenvalue weighted by Gasteiger charge is -2.28. The van der Waals surface area contributed by atoms with Gasteiger partial charge in [0.1, 0.15) is 0 Å². The zero-order valence-electron chi connectivity index (χ0n) is 16.7. The Morgan fingerprint density at radius 3 is 2.63 bits per heavy atom. The van der Waals surface area contributed by atoms with Crippen molar-refractivity contribution in [2.24, 2.45) is 0 Å². The standard InChI is InChI=1S/C23H24N6O/c1-2-9-24-19(3-1)8-10-25-22-23-26-11-12-29(23)17-21(27-22)18-4-6-20(7-5-18)28-13-15-30-16-14-28/h1-7,9,11-12,17H,8,10,13-16H2,(H,25,27). The Labute approximate surface area is 175 Å². The molecule has 1 aliphatic rings. The molecule has 4 aromatic rings. The minimum Gasteiger partial charge on any atom is -0.378 e. The van der Waals surface area contributed by atoms with E-state index in [1.165, 1.54) is 5.69 Å². The SMILES string of the molecule is c1ccc(CCNc2nc(-c3ccc(N4CCOCC4)cc3)cn3ccnc23)nc1. The molecule has 0 amide bonds. The number of anilines is 2. The van der Waals surface area contributed by atoms with Crippen LogP contribution in [0.1, 0.15) is 5.69 Å². The van der Waals surface area contributed by atoms with Crippen LogP contribution in [0.25, 0.3) is 16.9 Å². The van der Waals surface area contributed by atoms with Gasteiger partial charge in [0.05, 0.1) is 18.9 Å². The molecule has 152 valence electrons. The van der Waals surface area contributed by atoms with Gasteiger partial charge in [-0.05, 0) is 24.3 Å². The first-order chi connectivity index (χ1) is 14.9. The predicted molar refractivity (Wildman–Crippen MR) is 118 cm³/mol. The van der Waals surface area contributed by atoms with Crippen molar-refractivity contribution < 1.29 is 4.74 Å². The molecule has 0 bridgehead atoms. The number of hydrogen-bond donors (Lipinski definition) is 1. The molecule has 0 spiro atoms. The smallest absolute Gasteiger partial charge is 0.180 e. The second-order valence-electron chi connectivity index (χ2n) is 7.28. The molecule has 4 heterocycles. The number of fused-ring (bicyclic) bond motifs is 1. The van der Waals surface area contributed by atoms with E-state index in [-0.39, 0.29) is 0 Å². The predicted octanol–water partition coefficient (Wildman–Crippen LogP) is 3.28. The summed E-state index contributed by atoms with van der Waals surface area (Å²) in [7, 11) is 0. The topological polar surface area (TPSA) is 67.6 Å². The van der Waals surface area contributed by atoms with Crippen LogP contribution in [-0.2, 0) is 11.2 Å². The van der Waals surface area contributed by atoms with E-state index in [9.17, 15) is 0 Å². The summed E-state index contributed by atoms with van der Waals surface area (Å²) < 4.78 is 7.47. The largest absolute Gasteiger partial charge is 0.378 e. The zero-order chi connectivity index (χ0) is 20.2. The van der Waals surface area contributed by atoms with Crippen molar-refractivity contribution in [3.63, 3.8) is 0 Å². The van der Waals surface area contributed by atoms with Gasteiger partial charge in [-0.1, -0.05) is 18.2 Å². The summed E-state index contributed by atoms with van der Waals surface area (Å²) in [5, 5.41) is 3.44. The first-order valence-corrected chi connectivity index (χ1v) is 10.3. The fraction of sp³-hybridized carbons (Fsp3) is 0.261. The van der Waals surface area contributed by atoms with E-state index in [0.717, 1.165) is 67.7 Å². The maximum atomic E-state index is 5.45. The second kappa shape index (κ2) is 8.51. The van der Waals surface area contributed by atoms with Crippen molar-refractivity contribution in [2.75, 3.05) is 43.1 Å². The number of ether oxygens (including phenoxy) is 1. The van der Waals surface area contributed by atoms with Crippen molar-refractivity contribution in [3.05, 3.63) is 72.9 Å². The van der Waals surface area contributed by atoms with Gasteiger partial charge in [0, 0.05) is 67.8 Å². The molecule has 5 rings (SSSR count). The molecule has 0 atom stereocenters. The molecule has 7 nitrogen and oxygen atoms in total. The molecule has 7 heteroatoms. The monoisotopic (exact) mass is 400 g/mol. The lowest BCUT2D eigenvalue weighted by Crippen LogP contribution is -2.36. The summed E-state index contributed by atoms with van der Waals surface area (Å²) in [5.41, 5.74) is 5.09. The summed E-state index contributed by atoms with van der Waals surface area (Å²) in [4.78, 5) is 16.1. The van der Waals surface area contributed by atoms with E-state index < -0.39 is 0 Å². The van der Waals surface area contributed by atoms with Crippen LogP contribution in [0.4, 0.5) is 11.5 Å². The summed E-state index contributed by atoms with van der Waals surface area (Å²) in [6.07, 6.45) is 8.42. The van der Waals surface area contributed by atoms with Crippen LogP contribution in [0.5, 0.6) is 0 Å². The minimum absolute atomic E-state index is 0.742. The molecule has 0 aliphatic carbocycles. The molecular weight excluding hydrogens is 376 g/mol. The highest BCUT2D eigenvalue weighted by Crippen LogP contribution is 2.25. The molecule has 0 unspecified atom stereocenters. The van der Waals surface area contributed by atoms with Gasteiger partial charge in [-0.3, -0.25) is 4.98 Å². The van der Waals surface area contributed by atoms with Crippen LogP contribution < -0.4 is 10.2 Å². The average molecular weight is 400 g/mol. The van der Waals surface area contributed by atoms with E-state index in [4.69, 9.17) is 9.72 Å². The van der Waals surface area contributed by atoms with Crippen LogP contribution in [0, 0.1) is 0 Å². The molecular formula is C23H24N6O. The third-order valence-corrected chi connectivity index (χ3v) is 5.31. The average Bonchev–Trinajstić information content (AvgIpc) is 3.29. The highest BCUT2D eigenvalue weighted by atomic mass is 16.5. The number of nitrogens with zero attached hydrogens (tertiary/aromatic N) is 5. The third kappa shape index (κ3) is 3.97. The molecule has 1 aromatic carbocycles. The summed E-state index contributed by atoms with van der Waals surface area (Å²) in [6.45, 7) is 4.18. The Bertz CT molecular complexity index is 1100. The fourth-order valence-electron chi connectivity index (χ4n) is 3.71. The number of imidazole rings is 1. The molecule has 1 saturated heterocycles. The van der Waals surface area contributed by atoms with E-state index in [1.807, 2.05) is 41.2 Å². The van der Waals surface area contributed by atoms with Crippen LogP contribution >= 0.6 is 0 Å².